The first kappa shape index (κ1) is 9.93. The van der Waals surface area contributed by atoms with E-state index in [1.54, 1.807) is 11.3 Å². The van der Waals surface area contributed by atoms with Crippen molar-refractivity contribution < 1.29 is 5.21 Å². The summed E-state index contributed by atoms with van der Waals surface area (Å²) < 4.78 is 0. The van der Waals surface area contributed by atoms with Crippen LogP contribution >= 0.6 is 11.3 Å². The molecule has 3 heteroatoms. The van der Waals surface area contributed by atoms with E-state index in [9.17, 15) is 0 Å². The van der Waals surface area contributed by atoms with E-state index in [0.717, 1.165) is 10.4 Å². The highest BCUT2D eigenvalue weighted by atomic mass is 32.1. The Morgan fingerprint density at radius 3 is 2.47 bits per heavy atom. The summed E-state index contributed by atoms with van der Waals surface area (Å²) in [6, 6.07) is 11.8. The molecule has 0 spiro atoms. The van der Waals surface area contributed by atoms with Gasteiger partial charge in [0.1, 0.15) is 5.71 Å². The zero-order valence-electron chi connectivity index (χ0n) is 8.34. The molecule has 0 atom stereocenters. The molecule has 1 aromatic carbocycles. The monoisotopic (exact) mass is 217 g/mol. The molecule has 0 saturated heterocycles. The lowest BCUT2D eigenvalue weighted by atomic mass is 10.1. The molecule has 0 bridgehead atoms. The minimum absolute atomic E-state index is 0.630. The second-order valence-corrected chi connectivity index (χ2v) is 4.24. The van der Waals surface area contributed by atoms with Gasteiger partial charge in [-0.25, -0.2) is 0 Å². The van der Waals surface area contributed by atoms with E-state index in [0.29, 0.717) is 5.71 Å². The quantitative estimate of drug-likeness (QED) is 0.467. The normalized spacial score (nSPS) is 11.7. The standard InChI is InChI=1S/C12H11NOS/c1-9-4-6-10(7-5-9)12(13-14)11-3-2-8-15-11/h2-8,14H,1H3. The van der Waals surface area contributed by atoms with Gasteiger partial charge >= 0.3 is 0 Å². The maximum atomic E-state index is 9.02. The molecule has 1 aromatic heterocycles. The highest BCUT2D eigenvalue weighted by molar-refractivity contribution is 7.12. The molecule has 0 unspecified atom stereocenters. The molecule has 2 nitrogen and oxygen atoms in total. The van der Waals surface area contributed by atoms with Crippen molar-refractivity contribution in [3.63, 3.8) is 0 Å². The summed E-state index contributed by atoms with van der Waals surface area (Å²) in [5.74, 6) is 0. The van der Waals surface area contributed by atoms with Gasteiger partial charge < -0.3 is 5.21 Å². The minimum atomic E-state index is 0.630. The summed E-state index contributed by atoms with van der Waals surface area (Å²) in [6.45, 7) is 2.03. The lowest BCUT2D eigenvalue weighted by Crippen LogP contribution is -2.00. The first-order valence-corrected chi connectivity index (χ1v) is 5.52. The van der Waals surface area contributed by atoms with Crippen molar-refractivity contribution >= 4 is 17.0 Å². The third-order valence-electron chi connectivity index (χ3n) is 2.18. The zero-order valence-corrected chi connectivity index (χ0v) is 9.16. The van der Waals surface area contributed by atoms with E-state index in [1.165, 1.54) is 5.56 Å². The summed E-state index contributed by atoms with van der Waals surface area (Å²) in [5, 5.41) is 14.3. The second-order valence-electron chi connectivity index (χ2n) is 3.29. The Labute approximate surface area is 92.5 Å². The Bertz CT molecular complexity index is 457. The summed E-state index contributed by atoms with van der Waals surface area (Å²) in [7, 11) is 0. The molecular formula is C12H11NOS. The fraction of sp³-hybridized carbons (Fsp3) is 0.0833. The lowest BCUT2D eigenvalue weighted by molar-refractivity contribution is 0.320. The maximum Gasteiger partial charge on any atom is 0.127 e. The van der Waals surface area contributed by atoms with Crippen LogP contribution in [0.2, 0.25) is 0 Å². The molecule has 0 aliphatic heterocycles. The largest absolute Gasteiger partial charge is 0.410 e. The van der Waals surface area contributed by atoms with Gasteiger partial charge in [0.15, 0.2) is 0 Å². The number of hydrogen-bond donors (Lipinski definition) is 1. The third kappa shape index (κ3) is 2.07. The van der Waals surface area contributed by atoms with Crippen LogP contribution in [-0.2, 0) is 0 Å². The average molecular weight is 217 g/mol. The molecule has 0 amide bonds. The molecule has 0 saturated carbocycles. The van der Waals surface area contributed by atoms with Crippen molar-refractivity contribution in [3.8, 4) is 0 Å². The van der Waals surface area contributed by atoms with Gasteiger partial charge in [-0.1, -0.05) is 41.1 Å². The number of oxime groups is 1. The van der Waals surface area contributed by atoms with Crippen LogP contribution in [0.15, 0.2) is 46.9 Å². The molecule has 76 valence electrons. The molecule has 0 aliphatic rings. The van der Waals surface area contributed by atoms with Gasteiger partial charge in [0.2, 0.25) is 0 Å². The number of benzene rings is 1. The summed E-state index contributed by atoms with van der Waals surface area (Å²) in [4.78, 5) is 0.973. The first-order chi connectivity index (χ1) is 7.31. The zero-order chi connectivity index (χ0) is 10.7. The average Bonchev–Trinajstić information content (AvgIpc) is 2.75. The summed E-state index contributed by atoms with van der Waals surface area (Å²) >= 11 is 1.56. The summed E-state index contributed by atoms with van der Waals surface area (Å²) in [6.07, 6.45) is 0. The molecule has 15 heavy (non-hydrogen) atoms. The number of nitrogens with zero attached hydrogens (tertiary/aromatic N) is 1. The van der Waals surface area contributed by atoms with Gasteiger partial charge in [0.05, 0.1) is 4.88 Å². The van der Waals surface area contributed by atoms with E-state index in [4.69, 9.17) is 5.21 Å². The van der Waals surface area contributed by atoms with Crippen LogP contribution in [0.3, 0.4) is 0 Å². The van der Waals surface area contributed by atoms with Gasteiger partial charge in [-0.15, -0.1) is 11.3 Å². The first-order valence-electron chi connectivity index (χ1n) is 4.64. The highest BCUT2D eigenvalue weighted by Gasteiger charge is 2.07. The molecule has 1 heterocycles. The van der Waals surface area contributed by atoms with Crippen LogP contribution in [-0.4, -0.2) is 10.9 Å². The number of thiophene rings is 1. The molecule has 2 rings (SSSR count). The summed E-state index contributed by atoms with van der Waals surface area (Å²) in [5.41, 5.74) is 2.76. The highest BCUT2D eigenvalue weighted by Crippen LogP contribution is 2.16. The fourth-order valence-electron chi connectivity index (χ4n) is 1.37. The second kappa shape index (κ2) is 4.28. The van der Waals surface area contributed by atoms with E-state index >= 15 is 0 Å². The van der Waals surface area contributed by atoms with Crippen molar-refractivity contribution in [2.75, 3.05) is 0 Å². The predicted octanol–water partition coefficient (Wildman–Crippen LogP) is 3.28. The Kier molecular flexibility index (Phi) is 2.83. The number of aryl methyl sites for hydroxylation is 1. The van der Waals surface area contributed by atoms with Gasteiger partial charge in [-0.05, 0) is 18.4 Å². The van der Waals surface area contributed by atoms with Crippen LogP contribution in [0.25, 0.3) is 0 Å². The maximum absolute atomic E-state index is 9.02. The smallest absolute Gasteiger partial charge is 0.127 e. The minimum Gasteiger partial charge on any atom is -0.410 e. The van der Waals surface area contributed by atoms with Crippen LogP contribution < -0.4 is 0 Å². The lowest BCUT2D eigenvalue weighted by Gasteiger charge is -2.02. The van der Waals surface area contributed by atoms with Crippen LogP contribution in [0.1, 0.15) is 16.0 Å². The third-order valence-corrected chi connectivity index (χ3v) is 3.06. The SMILES string of the molecule is Cc1ccc(C(=NO)c2cccs2)cc1. The van der Waals surface area contributed by atoms with E-state index in [2.05, 4.69) is 5.16 Å². The Morgan fingerprint density at radius 2 is 1.93 bits per heavy atom. The molecular weight excluding hydrogens is 206 g/mol. The van der Waals surface area contributed by atoms with E-state index in [-0.39, 0.29) is 0 Å². The van der Waals surface area contributed by atoms with E-state index < -0.39 is 0 Å². The Morgan fingerprint density at radius 1 is 1.20 bits per heavy atom. The van der Waals surface area contributed by atoms with Gasteiger partial charge in [0.25, 0.3) is 0 Å². The van der Waals surface area contributed by atoms with Crippen LogP contribution in [0.4, 0.5) is 0 Å². The van der Waals surface area contributed by atoms with Crippen molar-refractivity contribution in [2.45, 2.75) is 6.92 Å². The van der Waals surface area contributed by atoms with Gasteiger partial charge in [-0.2, -0.15) is 0 Å². The molecule has 0 fully saturated rings. The van der Waals surface area contributed by atoms with E-state index in [1.807, 2.05) is 48.7 Å². The van der Waals surface area contributed by atoms with Crippen molar-refractivity contribution in [2.24, 2.45) is 5.16 Å². The molecule has 0 aliphatic carbocycles. The van der Waals surface area contributed by atoms with Gasteiger partial charge in [0, 0.05) is 5.56 Å². The van der Waals surface area contributed by atoms with Gasteiger partial charge in [-0.3, -0.25) is 0 Å². The Hall–Kier alpha value is -1.61. The van der Waals surface area contributed by atoms with Crippen molar-refractivity contribution in [1.29, 1.82) is 0 Å². The van der Waals surface area contributed by atoms with Crippen molar-refractivity contribution in [3.05, 3.63) is 57.8 Å². The number of hydrogen-bond acceptors (Lipinski definition) is 3. The fourth-order valence-corrected chi connectivity index (χ4v) is 2.11. The predicted molar refractivity (Wildman–Crippen MR) is 62.9 cm³/mol. The van der Waals surface area contributed by atoms with Crippen molar-refractivity contribution in [1.82, 2.24) is 0 Å². The van der Waals surface area contributed by atoms with Crippen LogP contribution in [0, 0.1) is 6.92 Å². The topological polar surface area (TPSA) is 32.6 Å². The molecule has 2 aromatic rings. The Balaban J connectivity index is 2.41. The number of rotatable bonds is 2. The molecule has 0 radical (unpaired) electrons. The van der Waals surface area contributed by atoms with Crippen LogP contribution in [0.5, 0.6) is 0 Å². The molecule has 1 N–H and O–H groups in total.